The molecule has 0 aromatic heterocycles. The van der Waals surface area contributed by atoms with E-state index < -0.39 is 0 Å². The number of nitrogens with two attached hydrogens (primary N) is 1. The summed E-state index contributed by atoms with van der Waals surface area (Å²) in [6.45, 7) is 2.51. The number of benzene rings is 2. The van der Waals surface area contributed by atoms with Gasteiger partial charge in [0.15, 0.2) is 0 Å². The van der Waals surface area contributed by atoms with Gasteiger partial charge in [0, 0.05) is 0 Å². The van der Waals surface area contributed by atoms with Crippen LogP contribution in [0.15, 0.2) is 42.5 Å². The highest BCUT2D eigenvalue weighted by atomic mass is 16.5. The number of hydrogen-bond acceptors (Lipinski definition) is 3. The van der Waals surface area contributed by atoms with Gasteiger partial charge in [0.1, 0.15) is 18.1 Å². The number of ether oxygens (including phenoxy) is 2. The smallest absolute Gasteiger partial charge is 0.142 e. The van der Waals surface area contributed by atoms with E-state index in [2.05, 4.69) is 6.07 Å². The van der Waals surface area contributed by atoms with E-state index in [1.54, 1.807) is 7.11 Å². The summed E-state index contributed by atoms with van der Waals surface area (Å²) in [5, 5.41) is 0. The highest BCUT2D eigenvalue weighted by Crippen LogP contribution is 2.23. The van der Waals surface area contributed by atoms with Gasteiger partial charge in [-0.1, -0.05) is 18.2 Å². The van der Waals surface area contributed by atoms with Crippen molar-refractivity contribution in [3.05, 3.63) is 53.6 Å². The van der Waals surface area contributed by atoms with Crippen molar-refractivity contribution in [1.82, 2.24) is 0 Å². The molecule has 3 heteroatoms. The molecule has 0 unspecified atom stereocenters. The fraction of sp³-hybridized carbons (Fsp3) is 0.200. The molecule has 0 aliphatic heterocycles. The van der Waals surface area contributed by atoms with Crippen molar-refractivity contribution in [2.45, 2.75) is 13.5 Å². The van der Waals surface area contributed by atoms with Crippen LogP contribution in [-0.2, 0) is 6.61 Å². The molecule has 2 N–H and O–H groups in total. The fourth-order valence-electron chi connectivity index (χ4n) is 1.80. The monoisotopic (exact) mass is 243 g/mol. The molecular formula is C15H17NO2. The van der Waals surface area contributed by atoms with Crippen molar-refractivity contribution in [3.63, 3.8) is 0 Å². The first-order chi connectivity index (χ1) is 8.70. The minimum Gasteiger partial charge on any atom is -0.496 e. The van der Waals surface area contributed by atoms with Gasteiger partial charge in [0.2, 0.25) is 0 Å². The Labute approximate surface area is 107 Å². The summed E-state index contributed by atoms with van der Waals surface area (Å²) in [5.41, 5.74) is 8.66. The fourth-order valence-corrected chi connectivity index (χ4v) is 1.80. The minimum atomic E-state index is 0.499. The van der Waals surface area contributed by atoms with Crippen molar-refractivity contribution in [3.8, 4) is 11.5 Å². The van der Waals surface area contributed by atoms with E-state index in [-0.39, 0.29) is 0 Å². The average Bonchev–Trinajstić information content (AvgIpc) is 2.38. The zero-order chi connectivity index (χ0) is 13.0. The van der Waals surface area contributed by atoms with Gasteiger partial charge in [-0.05, 0) is 42.3 Å². The van der Waals surface area contributed by atoms with Crippen LogP contribution in [0.2, 0.25) is 0 Å². The molecule has 2 aromatic carbocycles. The standard InChI is InChI=1S/C15H17NO2/c1-11-9-12(7-8-14(11)17-2)10-18-15-6-4-3-5-13(15)16/h3-9H,10,16H2,1-2H3. The van der Waals surface area contributed by atoms with E-state index >= 15 is 0 Å². The van der Waals surface area contributed by atoms with Crippen LogP contribution in [0.25, 0.3) is 0 Å². The van der Waals surface area contributed by atoms with Crippen molar-refractivity contribution in [2.75, 3.05) is 12.8 Å². The molecule has 2 aromatic rings. The van der Waals surface area contributed by atoms with Gasteiger partial charge in [-0.25, -0.2) is 0 Å². The summed E-state index contributed by atoms with van der Waals surface area (Å²) in [6.07, 6.45) is 0. The molecule has 0 aliphatic carbocycles. The predicted octanol–water partition coefficient (Wildman–Crippen LogP) is 3.16. The van der Waals surface area contributed by atoms with E-state index in [0.29, 0.717) is 18.0 Å². The quantitative estimate of drug-likeness (QED) is 0.839. The predicted molar refractivity (Wildman–Crippen MR) is 72.9 cm³/mol. The lowest BCUT2D eigenvalue weighted by molar-refractivity contribution is 0.307. The number of aryl methyl sites for hydroxylation is 1. The van der Waals surface area contributed by atoms with Gasteiger partial charge in [-0.3, -0.25) is 0 Å². The Morgan fingerprint density at radius 3 is 2.50 bits per heavy atom. The largest absolute Gasteiger partial charge is 0.496 e. The summed E-state index contributed by atoms with van der Waals surface area (Å²) < 4.78 is 10.9. The maximum atomic E-state index is 5.82. The highest BCUT2D eigenvalue weighted by Gasteiger charge is 2.02. The second-order valence-electron chi connectivity index (χ2n) is 4.13. The van der Waals surface area contributed by atoms with Crippen LogP contribution in [0.3, 0.4) is 0 Å². The number of nitrogen functional groups attached to an aromatic ring is 1. The molecule has 0 bridgehead atoms. The Bertz CT molecular complexity index is 538. The van der Waals surface area contributed by atoms with Crippen LogP contribution in [-0.4, -0.2) is 7.11 Å². The molecule has 0 saturated heterocycles. The van der Waals surface area contributed by atoms with Crippen LogP contribution in [0.4, 0.5) is 5.69 Å². The number of anilines is 1. The minimum absolute atomic E-state index is 0.499. The lowest BCUT2D eigenvalue weighted by atomic mass is 10.1. The molecule has 18 heavy (non-hydrogen) atoms. The van der Waals surface area contributed by atoms with Crippen LogP contribution >= 0.6 is 0 Å². The number of rotatable bonds is 4. The third-order valence-corrected chi connectivity index (χ3v) is 2.77. The van der Waals surface area contributed by atoms with E-state index in [9.17, 15) is 0 Å². The van der Waals surface area contributed by atoms with E-state index in [0.717, 1.165) is 16.9 Å². The van der Waals surface area contributed by atoms with Gasteiger partial charge in [0.25, 0.3) is 0 Å². The molecule has 0 amide bonds. The molecule has 0 aliphatic rings. The zero-order valence-corrected chi connectivity index (χ0v) is 10.6. The van der Waals surface area contributed by atoms with E-state index in [1.807, 2.05) is 43.3 Å². The lowest BCUT2D eigenvalue weighted by Gasteiger charge is -2.10. The molecule has 0 heterocycles. The van der Waals surface area contributed by atoms with Gasteiger partial charge in [-0.2, -0.15) is 0 Å². The van der Waals surface area contributed by atoms with Gasteiger partial charge in [0.05, 0.1) is 12.8 Å². The average molecular weight is 243 g/mol. The van der Waals surface area contributed by atoms with E-state index in [4.69, 9.17) is 15.2 Å². The van der Waals surface area contributed by atoms with Gasteiger partial charge < -0.3 is 15.2 Å². The third kappa shape index (κ3) is 2.74. The third-order valence-electron chi connectivity index (χ3n) is 2.77. The number of hydrogen-bond donors (Lipinski definition) is 1. The molecule has 2 rings (SSSR count). The Kier molecular flexibility index (Phi) is 3.72. The van der Waals surface area contributed by atoms with E-state index in [1.165, 1.54) is 0 Å². The molecule has 0 atom stereocenters. The van der Waals surface area contributed by atoms with Crippen molar-refractivity contribution < 1.29 is 9.47 Å². The number of methoxy groups -OCH3 is 1. The molecule has 0 fully saturated rings. The molecule has 0 spiro atoms. The second-order valence-corrected chi connectivity index (χ2v) is 4.13. The van der Waals surface area contributed by atoms with Crippen molar-refractivity contribution >= 4 is 5.69 Å². The molecule has 0 radical (unpaired) electrons. The van der Waals surface area contributed by atoms with Gasteiger partial charge >= 0.3 is 0 Å². The lowest BCUT2D eigenvalue weighted by Crippen LogP contribution is -1.99. The summed E-state index contributed by atoms with van der Waals surface area (Å²) >= 11 is 0. The van der Waals surface area contributed by atoms with Crippen LogP contribution < -0.4 is 15.2 Å². The molecular weight excluding hydrogens is 226 g/mol. The molecule has 94 valence electrons. The number of para-hydroxylation sites is 2. The maximum Gasteiger partial charge on any atom is 0.142 e. The molecule has 0 saturated carbocycles. The molecule has 3 nitrogen and oxygen atoms in total. The first-order valence-electron chi connectivity index (χ1n) is 5.81. The Morgan fingerprint density at radius 2 is 1.83 bits per heavy atom. The Balaban J connectivity index is 2.07. The second kappa shape index (κ2) is 5.45. The SMILES string of the molecule is COc1ccc(COc2ccccc2N)cc1C. The van der Waals surface area contributed by atoms with Crippen LogP contribution in [0.5, 0.6) is 11.5 Å². The zero-order valence-electron chi connectivity index (χ0n) is 10.6. The summed E-state index contributed by atoms with van der Waals surface area (Å²) in [7, 11) is 1.67. The van der Waals surface area contributed by atoms with Crippen molar-refractivity contribution in [1.29, 1.82) is 0 Å². The maximum absolute atomic E-state index is 5.82. The first-order valence-corrected chi connectivity index (χ1v) is 5.81. The summed E-state index contributed by atoms with van der Waals surface area (Å²) in [5.74, 6) is 1.60. The Hall–Kier alpha value is -2.16. The highest BCUT2D eigenvalue weighted by molar-refractivity contribution is 5.51. The van der Waals surface area contributed by atoms with Crippen LogP contribution in [0.1, 0.15) is 11.1 Å². The topological polar surface area (TPSA) is 44.5 Å². The van der Waals surface area contributed by atoms with Crippen molar-refractivity contribution in [2.24, 2.45) is 0 Å². The summed E-state index contributed by atoms with van der Waals surface area (Å²) in [4.78, 5) is 0. The Morgan fingerprint density at radius 1 is 1.06 bits per heavy atom. The summed E-state index contributed by atoms with van der Waals surface area (Å²) in [6, 6.07) is 13.5. The van der Waals surface area contributed by atoms with Crippen LogP contribution in [0, 0.1) is 6.92 Å². The normalized spacial score (nSPS) is 10.1. The van der Waals surface area contributed by atoms with Gasteiger partial charge in [-0.15, -0.1) is 0 Å². The first kappa shape index (κ1) is 12.3.